The molecule has 1 aromatic rings. The number of anilines is 1. The van der Waals surface area contributed by atoms with Gasteiger partial charge in [0.1, 0.15) is 5.69 Å². The van der Waals surface area contributed by atoms with E-state index in [0.29, 0.717) is 17.9 Å². The quantitative estimate of drug-likeness (QED) is 0.642. The molecule has 1 amide bonds. The summed E-state index contributed by atoms with van der Waals surface area (Å²) in [4.78, 5) is 25.2. The van der Waals surface area contributed by atoms with E-state index >= 15 is 0 Å². The van der Waals surface area contributed by atoms with Crippen LogP contribution in [0.3, 0.4) is 0 Å². The van der Waals surface area contributed by atoms with Crippen LogP contribution in [0.25, 0.3) is 0 Å². The maximum Gasteiger partial charge on any atom is 0.293 e. The lowest BCUT2D eigenvalue weighted by atomic mass is 10.1. The molecule has 23 heavy (non-hydrogen) atoms. The van der Waals surface area contributed by atoms with Gasteiger partial charge in [0.25, 0.3) is 11.6 Å². The molecule has 1 saturated heterocycles. The first kappa shape index (κ1) is 17.2. The molecule has 1 aliphatic heterocycles. The predicted molar refractivity (Wildman–Crippen MR) is 88.0 cm³/mol. The molecule has 1 atom stereocenters. The molecule has 0 saturated carbocycles. The van der Waals surface area contributed by atoms with Gasteiger partial charge in [-0.3, -0.25) is 14.9 Å². The molecule has 126 valence electrons. The Balaban J connectivity index is 2.21. The Bertz CT molecular complexity index is 570. The lowest BCUT2D eigenvalue weighted by Crippen LogP contribution is -2.35. The van der Waals surface area contributed by atoms with Crippen molar-refractivity contribution < 1.29 is 14.5 Å². The lowest BCUT2D eigenvalue weighted by Gasteiger charge is -2.28. The van der Waals surface area contributed by atoms with Crippen LogP contribution in [0.2, 0.25) is 0 Å². The van der Waals surface area contributed by atoms with E-state index in [0.717, 1.165) is 32.4 Å². The molecule has 7 heteroatoms. The van der Waals surface area contributed by atoms with Gasteiger partial charge in [-0.15, -0.1) is 0 Å². The summed E-state index contributed by atoms with van der Waals surface area (Å²) >= 11 is 0. The fraction of sp³-hybridized carbons (Fsp3) is 0.562. The molecule has 1 heterocycles. The first-order valence-corrected chi connectivity index (χ1v) is 7.86. The highest BCUT2D eigenvalue weighted by Crippen LogP contribution is 2.31. The number of piperidine rings is 1. The van der Waals surface area contributed by atoms with Crippen molar-refractivity contribution in [1.29, 1.82) is 0 Å². The van der Waals surface area contributed by atoms with Gasteiger partial charge < -0.3 is 15.0 Å². The number of nitro benzene ring substituents is 1. The van der Waals surface area contributed by atoms with Crippen LogP contribution < -0.4 is 10.2 Å². The summed E-state index contributed by atoms with van der Waals surface area (Å²) in [6.45, 7) is 3.84. The Kier molecular flexibility index (Phi) is 5.92. The van der Waals surface area contributed by atoms with E-state index in [1.807, 2.05) is 11.8 Å². The molecule has 0 radical (unpaired) electrons. The van der Waals surface area contributed by atoms with Crippen molar-refractivity contribution in [3.05, 3.63) is 33.9 Å². The van der Waals surface area contributed by atoms with E-state index in [1.165, 1.54) is 6.07 Å². The average molecular weight is 321 g/mol. The van der Waals surface area contributed by atoms with Gasteiger partial charge in [0, 0.05) is 37.9 Å². The fourth-order valence-corrected chi connectivity index (χ4v) is 2.81. The van der Waals surface area contributed by atoms with Crippen LogP contribution in [0, 0.1) is 10.1 Å². The van der Waals surface area contributed by atoms with Crippen molar-refractivity contribution >= 4 is 17.3 Å². The molecule has 1 fully saturated rings. The molecular formula is C16H23N3O4. The topological polar surface area (TPSA) is 84.7 Å². The second kappa shape index (κ2) is 7.92. The van der Waals surface area contributed by atoms with Crippen molar-refractivity contribution in [2.24, 2.45) is 0 Å². The van der Waals surface area contributed by atoms with Gasteiger partial charge in [0.2, 0.25) is 0 Å². The molecule has 0 bridgehead atoms. The lowest BCUT2D eigenvalue weighted by molar-refractivity contribution is -0.384. The summed E-state index contributed by atoms with van der Waals surface area (Å²) in [7, 11) is 1.56. The third kappa shape index (κ3) is 4.41. The second-order valence-corrected chi connectivity index (χ2v) is 5.84. The van der Waals surface area contributed by atoms with Gasteiger partial charge in [-0.1, -0.05) is 0 Å². The molecule has 7 nitrogen and oxygen atoms in total. The zero-order valence-corrected chi connectivity index (χ0v) is 13.6. The molecule has 1 aromatic carbocycles. The van der Waals surface area contributed by atoms with Crippen molar-refractivity contribution in [2.45, 2.75) is 32.2 Å². The van der Waals surface area contributed by atoms with Crippen LogP contribution in [-0.4, -0.2) is 43.7 Å². The number of benzene rings is 1. The van der Waals surface area contributed by atoms with Gasteiger partial charge in [-0.25, -0.2) is 0 Å². The number of hydrogen-bond donors (Lipinski definition) is 1. The van der Waals surface area contributed by atoms with Crippen LogP contribution in [0.4, 0.5) is 11.4 Å². The fourth-order valence-electron chi connectivity index (χ4n) is 2.81. The van der Waals surface area contributed by atoms with Gasteiger partial charge in [0.05, 0.1) is 11.5 Å². The van der Waals surface area contributed by atoms with Crippen LogP contribution in [0.15, 0.2) is 18.2 Å². The number of hydrogen-bond acceptors (Lipinski definition) is 5. The smallest absolute Gasteiger partial charge is 0.293 e. The van der Waals surface area contributed by atoms with Crippen LogP contribution in [0.1, 0.15) is 36.5 Å². The molecule has 1 N–H and O–H groups in total. The van der Waals surface area contributed by atoms with Crippen LogP contribution >= 0.6 is 0 Å². The van der Waals surface area contributed by atoms with E-state index in [1.54, 1.807) is 19.2 Å². The highest BCUT2D eigenvalue weighted by atomic mass is 16.6. The Hall–Kier alpha value is -2.15. The van der Waals surface area contributed by atoms with Gasteiger partial charge >= 0.3 is 0 Å². The van der Waals surface area contributed by atoms with Gasteiger partial charge in [-0.2, -0.15) is 0 Å². The highest BCUT2D eigenvalue weighted by molar-refractivity contribution is 5.96. The Morgan fingerprint density at radius 1 is 1.39 bits per heavy atom. The molecule has 1 aliphatic rings. The minimum absolute atomic E-state index is 0.0149. The summed E-state index contributed by atoms with van der Waals surface area (Å²) in [5.74, 6) is -0.331. The number of nitro groups is 1. The Labute approximate surface area is 135 Å². The van der Waals surface area contributed by atoms with E-state index in [4.69, 9.17) is 4.74 Å². The zero-order valence-electron chi connectivity index (χ0n) is 13.6. The Morgan fingerprint density at radius 3 is 2.70 bits per heavy atom. The van der Waals surface area contributed by atoms with Crippen LogP contribution in [-0.2, 0) is 4.74 Å². The number of carbonyl (C=O) groups is 1. The summed E-state index contributed by atoms with van der Waals surface area (Å²) in [6, 6.07) is 4.53. The van der Waals surface area contributed by atoms with E-state index in [9.17, 15) is 14.9 Å². The number of ether oxygens (including phenoxy) is 1. The highest BCUT2D eigenvalue weighted by Gasteiger charge is 2.23. The van der Waals surface area contributed by atoms with Crippen molar-refractivity contribution in [3.8, 4) is 0 Å². The first-order valence-electron chi connectivity index (χ1n) is 7.86. The third-order valence-electron chi connectivity index (χ3n) is 3.93. The summed E-state index contributed by atoms with van der Waals surface area (Å²) in [5, 5.41) is 14.2. The number of nitrogens with one attached hydrogen (secondary N) is 1. The van der Waals surface area contributed by atoms with Crippen molar-refractivity contribution in [2.75, 3.05) is 31.7 Å². The maximum absolute atomic E-state index is 12.2. The largest absolute Gasteiger partial charge is 0.383 e. The van der Waals surface area contributed by atoms with Gasteiger partial charge in [-0.05, 0) is 38.3 Å². The normalized spacial score (nSPS) is 16.0. The third-order valence-corrected chi connectivity index (χ3v) is 3.93. The minimum Gasteiger partial charge on any atom is -0.383 e. The van der Waals surface area contributed by atoms with Crippen molar-refractivity contribution in [1.82, 2.24) is 5.32 Å². The average Bonchev–Trinajstić information content (AvgIpc) is 2.55. The van der Waals surface area contributed by atoms with Crippen molar-refractivity contribution in [3.63, 3.8) is 0 Å². The van der Waals surface area contributed by atoms with E-state index in [-0.39, 0.29) is 17.6 Å². The SMILES string of the molecule is COC[C@H](C)NC(=O)c1ccc(N2CCCCC2)c([N+](=O)[O-])c1. The maximum atomic E-state index is 12.2. The monoisotopic (exact) mass is 321 g/mol. The molecule has 0 unspecified atom stereocenters. The first-order chi connectivity index (χ1) is 11.0. The van der Waals surface area contributed by atoms with Gasteiger partial charge in [0.15, 0.2) is 0 Å². The summed E-state index contributed by atoms with van der Waals surface area (Å²) in [6.07, 6.45) is 3.23. The second-order valence-electron chi connectivity index (χ2n) is 5.84. The standard InChI is InChI=1S/C16H23N3O4/c1-12(11-23-2)17-16(20)13-6-7-14(15(10-13)19(21)22)18-8-4-3-5-9-18/h6-7,10,12H,3-5,8-9,11H2,1-2H3,(H,17,20)/t12-/m0/s1. The molecule has 2 rings (SSSR count). The zero-order chi connectivity index (χ0) is 16.8. The van der Waals surface area contributed by atoms with E-state index < -0.39 is 4.92 Å². The summed E-state index contributed by atoms with van der Waals surface area (Å²) < 4.78 is 4.97. The molecule has 0 aliphatic carbocycles. The number of amides is 1. The predicted octanol–water partition coefficient (Wildman–Crippen LogP) is 2.35. The molecule has 0 aromatic heterocycles. The molecular weight excluding hydrogens is 298 g/mol. The van der Waals surface area contributed by atoms with Crippen LogP contribution in [0.5, 0.6) is 0 Å². The number of rotatable bonds is 6. The molecule has 0 spiro atoms. The number of carbonyl (C=O) groups excluding carboxylic acids is 1. The summed E-state index contributed by atoms with van der Waals surface area (Å²) in [5.41, 5.74) is 0.871. The van der Waals surface area contributed by atoms with E-state index in [2.05, 4.69) is 5.32 Å². The number of nitrogens with zero attached hydrogens (tertiary/aromatic N) is 2. The Morgan fingerprint density at radius 2 is 2.09 bits per heavy atom. The number of methoxy groups -OCH3 is 1. The minimum atomic E-state index is -0.417.